The molecule has 0 saturated carbocycles. The number of aryl methyl sites for hydroxylation is 1. The van der Waals surface area contributed by atoms with Crippen molar-refractivity contribution in [2.45, 2.75) is 26.6 Å². The molecule has 1 unspecified atom stereocenters. The van der Waals surface area contributed by atoms with Crippen LogP contribution in [0.15, 0.2) is 78.9 Å². The molecule has 0 radical (unpaired) electrons. The normalized spacial score (nSPS) is 15.2. The number of rotatable bonds is 5. The highest BCUT2D eigenvalue weighted by Crippen LogP contribution is 2.41. The number of carbonyl (C=O) groups is 1. The molecular weight excluding hydrogens is 412 g/mol. The summed E-state index contributed by atoms with van der Waals surface area (Å²) >= 11 is 0. The highest BCUT2D eigenvalue weighted by atomic mass is 16.5. The van der Waals surface area contributed by atoms with Crippen LogP contribution in [0.1, 0.15) is 39.0 Å². The van der Waals surface area contributed by atoms with E-state index in [0.29, 0.717) is 23.5 Å². The van der Waals surface area contributed by atoms with Crippen LogP contribution in [0.2, 0.25) is 0 Å². The Labute approximate surface area is 193 Å². The lowest BCUT2D eigenvalue weighted by molar-refractivity contribution is 0.0974. The quantitative estimate of drug-likeness (QED) is 0.458. The van der Waals surface area contributed by atoms with Crippen molar-refractivity contribution in [3.63, 3.8) is 0 Å². The SMILES string of the molecule is COc1ccccc1N1C(=O)c2ccccc2NC1c1c(C)nn(Cc2ccccc2)c1C. The summed E-state index contributed by atoms with van der Waals surface area (Å²) in [6.45, 7) is 4.72. The predicted molar refractivity (Wildman–Crippen MR) is 130 cm³/mol. The van der Waals surface area contributed by atoms with E-state index in [9.17, 15) is 4.79 Å². The van der Waals surface area contributed by atoms with Gasteiger partial charge in [0.1, 0.15) is 11.9 Å². The van der Waals surface area contributed by atoms with E-state index in [4.69, 9.17) is 9.84 Å². The first kappa shape index (κ1) is 20.8. The second-order valence-corrected chi connectivity index (χ2v) is 8.17. The van der Waals surface area contributed by atoms with Gasteiger partial charge in [-0.05, 0) is 43.7 Å². The largest absolute Gasteiger partial charge is 0.495 e. The third-order valence-electron chi connectivity index (χ3n) is 6.16. The summed E-state index contributed by atoms with van der Waals surface area (Å²) in [4.78, 5) is 15.6. The van der Waals surface area contributed by atoms with Crippen LogP contribution in [0.4, 0.5) is 11.4 Å². The van der Waals surface area contributed by atoms with Gasteiger partial charge in [-0.3, -0.25) is 14.4 Å². The fourth-order valence-electron chi connectivity index (χ4n) is 4.55. The summed E-state index contributed by atoms with van der Waals surface area (Å²) in [5, 5.41) is 8.44. The molecule has 6 heteroatoms. The van der Waals surface area contributed by atoms with Crippen molar-refractivity contribution in [2.24, 2.45) is 0 Å². The Morgan fingerprint density at radius 1 is 0.939 bits per heavy atom. The zero-order valence-electron chi connectivity index (χ0n) is 18.9. The Balaban J connectivity index is 1.64. The minimum absolute atomic E-state index is 0.0755. The molecule has 0 fully saturated rings. The number of carbonyl (C=O) groups excluding carboxylic acids is 1. The number of ether oxygens (including phenoxy) is 1. The van der Waals surface area contributed by atoms with E-state index in [1.165, 1.54) is 5.56 Å². The van der Waals surface area contributed by atoms with Crippen molar-refractivity contribution in [2.75, 3.05) is 17.3 Å². The highest BCUT2D eigenvalue weighted by Gasteiger charge is 2.38. The van der Waals surface area contributed by atoms with Crippen molar-refractivity contribution in [1.29, 1.82) is 0 Å². The fraction of sp³-hybridized carbons (Fsp3) is 0.185. The maximum absolute atomic E-state index is 13.8. The molecule has 0 saturated heterocycles. The van der Waals surface area contributed by atoms with Crippen molar-refractivity contribution in [1.82, 2.24) is 9.78 Å². The third kappa shape index (κ3) is 3.63. The van der Waals surface area contributed by atoms with Gasteiger partial charge in [-0.1, -0.05) is 54.6 Å². The summed E-state index contributed by atoms with van der Waals surface area (Å²) in [6.07, 6.45) is -0.423. The van der Waals surface area contributed by atoms with Crippen LogP contribution in [0, 0.1) is 13.8 Å². The lowest BCUT2D eigenvalue weighted by Crippen LogP contribution is -2.43. The molecule has 0 bridgehead atoms. The van der Waals surface area contributed by atoms with E-state index < -0.39 is 6.17 Å². The number of nitrogens with zero attached hydrogens (tertiary/aromatic N) is 3. The van der Waals surface area contributed by atoms with Gasteiger partial charge in [-0.15, -0.1) is 0 Å². The number of anilines is 2. The van der Waals surface area contributed by atoms with Gasteiger partial charge < -0.3 is 10.1 Å². The molecule has 6 nitrogen and oxygen atoms in total. The van der Waals surface area contributed by atoms with E-state index in [2.05, 4.69) is 24.4 Å². The van der Waals surface area contributed by atoms with Crippen molar-refractivity contribution < 1.29 is 9.53 Å². The molecule has 1 aliphatic rings. The van der Waals surface area contributed by atoms with E-state index in [0.717, 1.165) is 22.6 Å². The summed E-state index contributed by atoms with van der Waals surface area (Å²) < 4.78 is 7.63. The van der Waals surface area contributed by atoms with Crippen LogP contribution < -0.4 is 15.0 Å². The minimum atomic E-state index is -0.423. The predicted octanol–water partition coefficient (Wildman–Crippen LogP) is 5.33. The zero-order chi connectivity index (χ0) is 22.9. The van der Waals surface area contributed by atoms with Crippen molar-refractivity contribution in [3.05, 3.63) is 107 Å². The van der Waals surface area contributed by atoms with Gasteiger partial charge in [0.25, 0.3) is 5.91 Å². The molecule has 1 N–H and O–H groups in total. The number of methoxy groups -OCH3 is 1. The zero-order valence-corrected chi connectivity index (χ0v) is 18.9. The molecule has 0 spiro atoms. The lowest BCUT2D eigenvalue weighted by Gasteiger charge is -2.38. The first-order chi connectivity index (χ1) is 16.1. The Morgan fingerprint density at radius 3 is 2.42 bits per heavy atom. The summed E-state index contributed by atoms with van der Waals surface area (Å²) in [5.74, 6) is 0.567. The number of benzene rings is 3. The Kier molecular flexibility index (Phi) is 5.34. The van der Waals surface area contributed by atoms with Gasteiger partial charge >= 0.3 is 0 Å². The van der Waals surface area contributed by atoms with Crippen LogP contribution in [0.5, 0.6) is 5.75 Å². The lowest BCUT2D eigenvalue weighted by atomic mass is 10.0. The van der Waals surface area contributed by atoms with Crippen LogP contribution in [0.25, 0.3) is 0 Å². The number of nitrogens with one attached hydrogen (secondary N) is 1. The number of fused-ring (bicyclic) bond motifs is 1. The number of hydrogen-bond donors (Lipinski definition) is 1. The van der Waals surface area contributed by atoms with Crippen LogP contribution >= 0.6 is 0 Å². The molecule has 1 aliphatic heterocycles. The van der Waals surface area contributed by atoms with Gasteiger partial charge in [0.15, 0.2) is 0 Å². The van der Waals surface area contributed by atoms with Gasteiger partial charge in [0.05, 0.1) is 30.6 Å². The van der Waals surface area contributed by atoms with E-state index in [1.807, 2.05) is 78.3 Å². The minimum Gasteiger partial charge on any atom is -0.495 e. The topological polar surface area (TPSA) is 59.4 Å². The first-order valence-corrected chi connectivity index (χ1v) is 11.0. The number of para-hydroxylation sites is 3. The Bertz CT molecular complexity index is 1310. The van der Waals surface area contributed by atoms with Gasteiger partial charge in [0.2, 0.25) is 0 Å². The van der Waals surface area contributed by atoms with Gasteiger partial charge in [0, 0.05) is 16.9 Å². The fourth-order valence-corrected chi connectivity index (χ4v) is 4.55. The smallest absolute Gasteiger partial charge is 0.262 e. The van der Waals surface area contributed by atoms with E-state index in [1.54, 1.807) is 12.0 Å². The molecule has 1 aromatic heterocycles. The van der Waals surface area contributed by atoms with Gasteiger partial charge in [-0.25, -0.2) is 0 Å². The Hall–Kier alpha value is -4.06. The second-order valence-electron chi connectivity index (χ2n) is 8.17. The maximum atomic E-state index is 13.8. The molecule has 1 amide bonds. The molecule has 1 atom stereocenters. The number of hydrogen-bond acceptors (Lipinski definition) is 4. The maximum Gasteiger partial charge on any atom is 0.262 e. The summed E-state index contributed by atoms with van der Waals surface area (Å²) in [6, 6.07) is 25.5. The Morgan fingerprint density at radius 2 is 1.64 bits per heavy atom. The summed E-state index contributed by atoms with van der Waals surface area (Å²) in [7, 11) is 1.62. The summed E-state index contributed by atoms with van der Waals surface area (Å²) in [5.41, 5.74) is 6.22. The molecule has 33 heavy (non-hydrogen) atoms. The van der Waals surface area contributed by atoms with Crippen molar-refractivity contribution >= 4 is 17.3 Å². The first-order valence-electron chi connectivity index (χ1n) is 11.0. The van der Waals surface area contributed by atoms with E-state index in [-0.39, 0.29) is 5.91 Å². The molecule has 5 rings (SSSR count). The highest BCUT2D eigenvalue weighted by molar-refractivity contribution is 6.12. The second kappa shape index (κ2) is 8.47. The van der Waals surface area contributed by atoms with Crippen LogP contribution in [-0.4, -0.2) is 22.8 Å². The van der Waals surface area contributed by atoms with Crippen LogP contribution in [0.3, 0.4) is 0 Å². The standard InChI is InChI=1S/C27H26N4O2/c1-18-25(19(2)30(29-18)17-20-11-5-4-6-12-20)26-28-22-14-8-7-13-21(22)27(32)31(26)23-15-9-10-16-24(23)33-3/h4-16,26,28H,17H2,1-3H3. The molecular formula is C27H26N4O2. The average Bonchev–Trinajstić information content (AvgIpc) is 3.12. The van der Waals surface area contributed by atoms with E-state index >= 15 is 0 Å². The van der Waals surface area contributed by atoms with Gasteiger partial charge in [-0.2, -0.15) is 5.10 Å². The average molecular weight is 439 g/mol. The molecule has 4 aromatic rings. The number of amides is 1. The molecule has 3 aromatic carbocycles. The monoisotopic (exact) mass is 438 g/mol. The van der Waals surface area contributed by atoms with Crippen LogP contribution in [-0.2, 0) is 6.54 Å². The van der Waals surface area contributed by atoms with Crippen molar-refractivity contribution in [3.8, 4) is 5.75 Å². The molecule has 166 valence electrons. The third-order valence-corrected chi connectivity index (χ3v) is 6.16. The molecule has 0 aliphatic carbocycles. The number of aromatic nitrogens is 2. The molecule has 2 heterocycles.